The van der Waals surface area contributed by atoms with E-state index in [9.17, 15) is 19.8 Å². The Morgan fingerprint density at radius 1 is 0.870 bits per heavy atom. The van der Waals surface area contributed by atoms with Crippen LogP contribution >= 0.6 is 11.6 Å². The Morgan fingerprint density at radius 2 is 1.26 bits per heavy atom. The number of carboxylic acids is 2. The molecule has 0 aliphatic carbocycles. The minimum Gasteiger partial charge on any atom is -0.497 e. The van der Waals surface area contributed by atoms with Gasteiger partial charge in [-0.05, 0) is 35.4 Å². The Morgan fingerprint density at radius 3 is 1.61 bits per heavy atom. The molecule has 120 valence electrons. The van der Waals surface area contributed by atoms with Crippen molar-refractivity contribution >= 4 is 23.5 Å². The van der Waals surface area contributed by atoms with Crippen molar-refractivity contribution in [2.75, 3.05) is 7.11 Å². The van der Waals surface area contributed by atoms with E-state index >= 15 is 0 Å². The van der Waals surface area contributed by atoms with Crippen molar-refractivity contribution in [2.24, 2.45) is 0 Å². The summed E-state index contributed by atoms with van der Waals surface area (Å²) in [7, 11) is 1.50. The molecule has 2 atom stereocenters. The SMILES string of the molecule is COc1ccc(C(C(=O)O)C(C(=O)O)c2ccc(Cl)cc2)cc1. The molecule has 0 saturated carbocycles. The van der Waals surface area contributed by atoms with Gasteiger partial charge in [-0.1, -0.05) is 35.9 Å². The molecule has 0 amide bonds. The molecule has 0 aliphatic heterocycles. The molecular formula is C17H15ClO5. The fourth-order valence-corrected chi connectivity index (χ4v) is 2.56. The number of rotatable bonds is 6. The third kappa shape index (κ3) is 3.81. The Hall–Kier alpha value is -2.53. The lowest BCUT2D eigenvalue weighted by Crippen LogP contribution is -2.26. The van der Waals surface area contributed by atoms with Gasteiger partial charge in [-0.3, -0.25) is 9.59 Å². The van der Waals surface area contributed by atoms with Crippen LogP contribution in [0.5, 0.6) is 5.75 Å². The van der Waals surface area contributed by atoms with Crippen molar-refractivity contribution in [3.8, 4) is 5.75 Å². The highest BCUT2D eigenvalue weighted by Crippen LogP contribution is 2.35. The second kappa shape index (κ2) is 7.15. The van der Waals surface area contributed by atoms with Crippen molar-refractivity contribution in [3.05, 3.63) is 64.7 Å². The second-order valence-corrected chi connectivity index (χ2v) is 5.39. The van der Waals surface area contributed by atoms with Gasteiger partial charge in [0, 0.05) is 5.02 Å². The molecule has 6 heteroatoms. The van der Waals surface area contributed by atoms with Gasteiger partial charge in [0.2, 0.25) is 0 Å². The first-order valence-corrected chi connectivity index (χ1v) is 7.17. The van der Waals surface area contributed by atoms with Gasteiger partial charge in [0.05, 0.1) is 18.9 Å². The highest BCUT2D eigenvalue weighted by Gasteiger charge is 2.36. The average molecular weight is 335 g/mol. The first-order chi connectivity index (χ1) is 10.9. The van der Waals surface area contributed by atoms with Crippen LogP contribution in [-0.2, 0) is 9.59 Å². The topological polar surface area (TPSA) is 83.8 Å². The van der Waals surface area contributed by atoms with Crippen LogP contribution in [0.3, 0.4) is 0 Å². The Bertz CT molecular complexity index is 694. The maximum Gasteiger partial charge on any atom is 0.312 e. The first kappa shape index (κ1) is 16.8. The summed E-state index contributed by atoms with van der Waals surface area (Å²) in [5.41, 5.74) is 0.769. The zero-order valence-electron chi connectivity index (χ0n) is 12.3. The van der Waals surface area contributed by atoms with Gasteiger partial charge < -0.3 is 14.9 Å². The number of methoxy groups -OCH3 is 1. The van der Waals surface area contributed by atoms with E-state index in [2.05, 4.69) is 0 Å². The lowest BCUT2D eigenvalue weighted by molar-refractivity contribution is -0.147. The average Bonchev–Trinajstić information content (AvgIpc) is 2.53. The van der Waals surface area contributed by atoms with Crippen LogP contribution in [0.4, 0.5) is 0 Å². The van der Waals surface area contributed by atoms with E-state index in [1.807, 2.05) is 0 Å². The monoisotopic (exact) mass is 334 g/mol. The van der Waals surface area contributed by atoms with Crippen LogP contribution in [0.25, 0.3) is 0 Å². The van der Waals surface area contributed by atoms with Gasteiger partial charge in [-0.25, -0.2) is 0 Å². The molecule has 0 heterocycles. The molecule has 23 heavy (non-hydrogen) atoms. The van der Waals surface area contributed by atoms with Crippen molar-refractivity contribution in [1.82, 2.24) is 0 Å². The highest BCUT2D eigenvalue weighted by atomic mass is 35.5. The molecule has 0 spiro atoms. The molecule has 5 nitrogen and oxygen atoms in total. The third-order valence-corrected chi connectivity index (χ3v) is 3.82. The maximum absolute atomic E-state index is 11.7. The van der Waals surface area contributed by atoms with Crippen molar-refractivity contribution in [3.63, 3.8) is 0 Å². The van der Waals surface area contributed by atoms with Gasteiger partial charge in [-0.2, -0.15) is 0 Å². The largest absolute Gasteiger partial charge is 0.497 e. The van der Waals surface area contributed by atoms with E-state index in [0.717, 1.165) is 0 Å². The first-order valence-electron chi connectivity index (χ1n) is 6.79. The summed E-state index contributed by atoms with van der Waals surface area (Å²) in [4.78, 5) is 23.4. The summed E-state index contributed by atoms with van der Waals surface area (Å²) in [6, 6.07) is 12.5. The lowest BCUT2D eigenvalue weighted by atomic mass is 9.81. The fourth-order valence-electron chi connectivity index (χ4n) is 2.44. The molecule has 2 aromatic rings. The molecular weight excluding hydrogens is 320 g/mol. The summed E-state index contributed by atoms with van der Waals surface area (Å²) in [5, 5.41) is 19.6. The van der Waals surface area contributed by atoms with Crippen LogP contribution < -0.4 is 4.74 Å². The van der Waals surface area contributed by atoms with E-state index in [-0.39, 0.29) is 0 Å². The van der Waals surface area contributed by atoms with Crippen molar-refractivity contribution in [2.45, 2.75) is 11.8 Å². The van der Waals surface area contributed by atoms with Gasteiger partial charge >= 0.3 is 11.9 Å². The number of aliphatic carboxylic acids is 2. The quantitative estimate of drug-likeness (QED) is 0.846. The number of hydrogen-bond donors (Lipinski definition) is 2. The minimum atomic E-state index is -1.22. The Labute approximate surface area is 138 Å². The van der Waals surface area contributed by atoms with E-state index < -0.39 is 23.8 Å². The van der Waals surface area contributed by atoms with E-state index in [1.54, 1.807) is 36.4 Å². The highest BCUT2D eigenvalue weighted by molar-refractivity contribution is 6.30. The van der Waals surface area contributed by atoms with Gasteiger partial charge in [0.25, 0.3) is 0 Å². The minimum absolute atomic E-state index is 0.380. The van der Waals surface area contributed by atoms with E-state index in [1.165, 1.54) is 19.2 Å². The Balaban J connectivity index is 2.48. The summed E-state index contributed by atoms with van der Waals surface area (Å²) >= 11 is 5.81. The zero-order chi connectivity index (χ0) is 17.0. The van der Waals surface area contributed by atoms with E-state index in [4.69, 9.17) is 16.3 Å². The third-order valence-electron chi connectivity index (χ3n) is 3.57. The predicted octanol–water partition coefficient (Wildman–Crippen LogP) is 3.39. The van der Waals surface area contributed by atoms with Gasteiger partial charge in [0.15, 0.2) is 0 Å². The number of benzene rings is 2. The maximum atomic E-state index is 11.7. The van der Waals surface area contributed by atoms with Crippen molar-refractivity contribution in [1.29, 1.82) is 0 Å². The molecule has 0 radical (unpaired) electrons. The van der Waals surface area contributed by atoms with Crippen LogP contribution in [0.2, 0.25) is 5.02 Å². The molecule has 2 rings (SSSR count). The summed E-state index contributed by atoms with van der Waals surface area (Å²) in [5.74, 6) is -4.30. The van der Waals surface area contributed by atoms with Crippen LogP contribution in [-0.4, -0.2) is 29.3 Å². The van der Waals surface area contributed by atoms with Crippen LogP contribution in [0.15, 0.2) is 48.5 Å². The van der Waals surface area contributed by atoms with Crippen LogP contribution in [0.1, 0.15) is 23.0 Å². The smallest absolute Gasteiger partial charge is 0.312 e. The van der Waals surface area contributed by atoms with Gasteiger partial charge in [0.1, 0.15) is 5.75 Å². The fraction of sp³-hybridized carbons (Fsp3) is 0.176. The Kier molecular flexibility index (Phi) is 5.24. The van der Waals surface area contributed by atoms with E-state index in [0.29, 0.717) is 21.9 Å². The lowest BCUT2D eigenvalue weighted by Gasteiger charge is -2.21. The molecule has 2 N–H and O–H groups in total. The van der Waals surface area contributed by atoms with Crippen LogP contribution in [0, 0.1) is 0 Å². The molecule has 2 aromatic carbocycles. The molecule has 0 aromatic heterocycles. The molecule has 0 bridgehead atoms. The summed E-state index contributed by atoms with van der Waals surface area (Å²) in [6.07, 6.45) is 0. The molecule has 2 unspecified atom stereocenters. The number of carbonyl (C=O) groups is 2. The molecule has 0 saturated heterocycles. The number of hydrogen-bond acceptors (Lipinski definition) is 3. The number of carboxylic acid groups (broad SMARTS) is 2. The molecule has 0 aliphatic rings. The molecule has 0 fully saturated rings. The second-order valence-electron chi connectivity index (χ2n) is 4.96. The standard InChI is InChI=1S/C17H15ClO5/c1-23-13-8-4-11(5-9-13)15(17(21)22)14(16(19)20)10-2-6-12(18)7-3-10/h2-9,14-15H,1H3,(H,19,20)(H,21,22). The van der Waals surface area contributed by atoms with Gasteiger partial charge in [-0.15, -0.1) is 0 Å². The summed E-state index contributed by atoms with van der Waals surface area (Å²) in [6.45, 7) is 0. The number of ether oxygens (including phenoxy) is 1. The van der Waals surface area contributed by atoms with Crippen molar-refractivity contribution < 1.29 is 24.5 Å². The summed E-state index contributed by atoms with van der Waals surface area (Å²) < 4.78 is 5.04. The number of halogens is 1. The predicted molar refractivity (Wildman–Crippen MR) is 85.2 cm³/mol. The normalized spacial score (nSPS) is 13.1. The zero-order valence-corrected chi connectivity index (χ0v) is 13.0.